The molecule has 0 aromatic carbocycles. The molecule has 0 aliphatic heterocycles. The molecule has 0 heterocycles. The van der Waals surface area contributed by atoms with Crippen LogP contribution in [-0.2, 0) is 14.3 Å². The third kappa shape index (κ3) is 7.00. The molecule has 0 fully saturated rings. The molecule has 84 valence electrons. The molecule has 0 aliphatic rings. The van der Waals surface area contributed by atoms with Gasteiger partial charge in [-0.3, -0.25) is 4.79 Å². The molecule has 14 heavy (non-hydrogen) atoms. The second kappa shape index (κ2) is 9.12. The van der Waals surface area contributed by atoms with Gasteiger partial charge in [0.1, 0.15) is 6.61 Å². The van der Waals surface area contributed by atoms with Crippen LogP contribution in [0.1, 0.15) is 20.3 Å². The van der Waals surface area contributed by atoms with Crippen LogP contribution in [0, 0.1) is 5.92 Å². The predicted molar refractivity (Wildman–Crippen MR) is 55.2 cm³/mol. The van der Waals surface area contributed by atoms with E-state index in [0.717, 1.165) is 6.42 Å². The lowest BCUT2D eigenvalue weighted by Crippen LogP contribution is -2.19. The highest BCUT2D eigenvalue weighted by molar-refractivity contribution is 5.81. The predicted octanol–water partition coefficient (Wildman–Crippen LogP) is 0.594. The minimum atomic E-state index is 0.0972. The summed E-state index contributed by atoms with van der Waals surface area (Å²) >= 11 is 0. The van der Waals surface area contributed by atoms with Crippen LogP contribution in [0.5, 0.6) is 0 Å². The first-order chi connectivity index (χ1) is 6.72. The smallest absolute Gasteiger partial charge is 0.161 e. The average Bonchev–Trinajstić information content (AvgIpc) is 2.21. The molecular weight excluding hydrogens is 182 g/mol. The van der Waals surface area contributed by atoms with Gasteiger partial charge in [-0.25, -0.2) is 0 Å². The van der Waals surface area contributed by atoms with Gasteiger partial charge in [-0.15, -0.1) is 0 Å². The Morgan fingerprint density at radius 1 is 1.29 bits per heavy atom. The number of carbonyl (C=O) groups is 1. The zero-order valence-electron chi connectivity index (χ0n) is 9.12. The summed E-state index contributed by atoms with van der Waals surface area (Å²) in [6.07, 6.45) is 0.867. The van der Waals surface area contributed by atoms with Crippen molar-refractivity contribution in [2.24, 2.45) is 11.7 Å². The highest BCUT2D eigenvalue weighted by Crippen LogP contribution is 2.01. The van der Waals surface area contributed by atoms with Gasteiger partial charge in [-0.1, -0.05) is 13.8 Å². The zero-order chi connectivity index (χ0) is 10.8. The molecule has 0 saturated heterocycles. The van der Waals surface area contributed by atoms with Crippen molar-refractivity contribution in [3.05, 3.63) is 0 Å². The molecule has 4 heteroatoms. The van der Waals surface area contributed by atoms with Crippen LogP contribution in [0.3, 0.4) is 0 Å². The molecule has 0 radical (unpaired) electrons. The Kier molecular flexibility index (Phi) is 8.83. The van der Waals surface area contributed by atoms with Crippen molar-refractivity contribution >= 4 is 5.78 Å². The number of nitrogens with two attached hydrogens (primary N) is 1. The van der Waals surface area contributed by atoms with E-state index in [2.05, 4.69) is 0 Å². The van der Waals surface area contributed by atoms with E-state index in [9.17, 15) is 4.79 Å². The standard InChI is InChI=1S/C10H21NO3/c1-3-9(2)10(12)8-14-7-6-13-5-4-11/h9H,3-8,11H2,1-2H3. The topological polar surface area (TPSA) is 61.5 Å². The lowest BCUT2D eigenvalue weighted by atomic mass is 10.1. The van der Waals surface area contributed by atoms with Gasteiger partial charge in [0.05, 0.1) is 19.8 Å². The highest BCUT2D eigenvalue weighted by Gasteiger charge is 2.09. The maximum absolute atomic E-state index is 11.3. The first kappa shape index (κ1) is 13.5. The fourth-order valence-corrected chi connectivity index (χ4v) is 0.846. The van der Waals surface area contributed by atoms with E-state index < -0.39 is 0 Å². The Balaban J connectivity index is 3.23. The molecule has 0 bridgehead atoms. The summed E-state index contributed by atoms with van der Waals surface area (Å²) in [5.74, 6) is 0.256. The van der Waals surface area contributed by atoms with Crippen molar-refractivity contribution in [3.63, 3.8) is 0 Å². The molecule has 4 nitrogen and oxygen atoms in total. The largest absolute Gasteiger partial charge is 0.378 e. The lowest BCUT2D eigenvalue weighted by molar-refractivity contribution is -0.127. The summed E-state index contributed by atoms with van der Waals surface area (Å²) in [6, 6.07) is 0. The highest BCUT2D eigenvalue weighted by atomic mass is 16.5. The lowest BCUT2D eigenvalue weighted by Gasteiger charge is -2.08. The molecule has 0 rings (SSSR count). The van der Waals surface area contributed by atoms with Gasteiger partial charge in [0.25, 0.3) is 0 Å². The number of hydrogen-bond acceptors (Lipinski definition) is 4. The quantitative estimate of drug-likeness (QED) is 0.557. The Bertz CT molecular complexity index is 150. The molecular formula is C10H21NO3. The molecule has 1 atom stereocenters. The van der Waals surface area contributed by atoms with E-state index in [-0.39, 0.29) is 18.3 Å². The molecule has 0 amide bonds. The number of ketones is 1. The molecule has 0 spiro atoms. The number of rotatable bonds is 9. The van der Waals surface area contributed by atoms with Crippen molar-refractivity contribution in [2.75, 3.05) is 33.0 Å². The van der Waals surface area contributed by atoms with E-state index in [1.165, 1.54) is 0 Å². The summed E-state index contributed by atoms with van der Waals surface area (Å²) in [5.41, 5.74) is 5.23. The number of ether oxygens (including phenoxy) is 2. The minimum Gasteiger partial charge on any atom is -0.378 e. The third-order valence-corrected chi connectivity index (χ3v) is 2.04. The van der Waals surface area contributed by atoms with Crippen LogP contribution < -0.4 is 5.73 Å². The maximum atomic E-state index is 11.3. The molecule has 0 aromatic rings. The van der Waals surface area contributed by atoms with E-state index in [4.69, 9.17) is 15.2 Å². The monoisotopic (exact) mass is 203 g/mol. The molecule has 1 unspecified atom stereocenters. The van der Waals surface area contributed by atoms with Gasteiger partial charge in [-0.05, 0) is 6.42 Å². The maximum Gasteiger partial charge on any atom is 0.161 e. The van der Waals surface area contributed by atoms with Gasteiger partial charge >= 0.3 is 0 Å². The van der Waals surface area contributed by atoms with Crippen molar-refractivity contribution in [3.8, 4) is 0 Å². The van der Waals surface area contributed by atoms with Crippen molar-refractivity contribution in [1.82, 2.24) is 0 Å². The SMILES string of the molecule is CCC(C)C(=O)COCCOCCN. The third-order valence-electron chi connectivity index (χ3n) is 2.04. The summed E-state index contributed by atoms with van der Waals surface area (Å²) in [7, 11) is 0. The van der Waals surface area contributed by atoms with Gasteiger partial charge in [-0.2, -0.15) is 0 Å². The zero-order valence-corrected chi connectivity index (χ0v) is 9.12. The first-order valence-corrected chi connectivity index (χ1v) is 5.10. The van der Waals surface area contributed by atoms with Crippen LogP contribution in [0.2, 0.25) is 0 Å². The summed E-state index contributed by atoms with van der Waals surface area (Å²) in [5, 5.41) is 0. The normalized spacial score (nSPS) is 12.8. The fourth-order valence-electron chi connectivity index (χ4n) is 0.846. The van der Waals surface area contributed by atoms with Crippen molar-refractivity contribution in [1.29, 1.82) is 0 Å². The second-order valence-corrected chi connectivity index (χ2v) is 3.23. The minimum absolute atomic E-state index is 0.0972. The van der Waals surface area contributed by atoms with Gasteiger partial charge in [0, 0.05) is 12.5 Å². The van der Waals surface area contributed by atoms with E-state index in [0.29, 0.717) is 26.4 Å². The van der Waals surface area contributed by atoms with E-state index in [1.54, 1.807) is 0 Å². The summed E-state index contributed by atoms with van der Waals surface area (Å²) in [4.78, 5) is 11.3. The first-order valence-electron chi connectivity index (χ1n) is 5.10. The Labute approximate surface area is 85.8 Å². The fraction of sp³-hybridized carbons (Fsp3) is 0.900. The van der Waals surface area contributed by atoms with Crippen LogP contribution in [0.25, 0.3) is 0 Å². The summed E-state index contributed by atoms with van der Waals surface area (Å²) in [6.45, 7) is 6.13. The average molecular weight is 203 g/mol. The van der Waals surface area contributed by atoms with Crippen molar-refractivity contribution < 1.29 is 14.3 Å². The van der Waals surface area contributed by atoms with Crippen LogP contribution in [0.15, 0.2) is 0 Å². The number of hydrogen-bond donors (Lipinski definition) is 1. The Morgan fingerprint density at radius 3 is 2.50 bits per heavy atom. The number of Topliss-reactive ketones (excluding diaryl/α,β-unsaturated/α-hetero) is 1. The molecule has 0 aliphatic carbocycles. The van der Waals surface area contributed by atoms with Crippen molar-refractivity contribution in [2.45, 2.75) is 20.3 Å². The molecule has 2 N–H and O–H groups in total. The van der Waals surface area contributed by atoms with Crippen LogP contribution in [0.4, 0.5) is 0 Å². The van der Waals surface area contributed by atoms with Gasteiger partial charge in [0.15, 0.2) is 5.78 Å². The second-order valence-electron chi connectivity index (χ2n) is 3.23. The Morgan fingerprint density at radius 2 is 1.93 bits per heavy atom. The van der Waals surface area contributed by atoms with Gasteiger partial charge in [0.2, 0.25) is 0 Å². The Hall–Kier alpha value is -0.450. The van der Waals surface area contributed by atoms with Crippen LogP contribution >= 0.6 is 0 Å². The van der Waals surface area contributed by atoms with Crippen LogP contribution in [-0.4, -0.2) is 38.8 Å². The molecule has 0 aromatic heterocycles. The van der Waals surface area contributed by atoms with Gasteiger partial charge < -0.3 is 15.2 Å². The summed E-state index contributed by atoms with van der Waals surface area (Å²) < 4.78 is 10.2. The number of carbonyl (C=O) groups excluding carboxylic acids is 1. The van der Waals surface area contributed by atoms with E-state index in [1.807, 2.05) is 13.8 Å². The molecule has 0 saturated carbocycles. The van der Waals surface area contributed by atoms with E-state index >= 15 is 0 Å².